The van der Waals surface area contributed by atoms with E-state index in [1.54, 1.807) is 0 Å². The average molecular weight is 524 g/mol. The molecule has 0 heterocycles. The van der Waals surface area contributed by atoms with Crippen LogP contribution in [0.4, 0.5) is 74.6 Å². The van der Waals surface area contributed by atoms with E-state index in [0.717, 1.165) is 0 Å². The van der Waals surface area contributed by atoms with E-state index in [-0.39, 0.29) is 0 Å². The smallest absolute Gasteiger partial charge is 0.376 e. The van der Waals surface area contributed by atoms with E-state index in [0.29, 0.717) is 0 Å². The van der Waals surface area contributed by atoms with Crippen LogP contribution in [-0.2, 0) is 14.2 Å². The molecule has 0 fully saturated rings. The summed E-state index contributed by atoms with van der Waals surface area (Å²) in [5.41, 5.74) is 0. The molecule has 0 aliphatic carbocycles. The van der Waals surface area contributed by atoms with Gasteiger partial charge in [-0.3, -0.25) is 9.47 Å². The standard InChI is InChI=1S/C12H9F17O3/c13-5(3-30-2-1-4(7(15,16)17)8(18,19)20)31-9(21,22)6(14)32-12(28,29)10(23,24)11(25,26)27/h4-6H,1-3H2. The van der Waals surface area contributed by atoms with Crippen LogP contribution in [0.15, 0.2) is 0 Å². The Morgan fingerprint density at radius 2 is 1.06 bits per heavy atom. The predicted octanol–water partition coefficient (Wildman–Crippen LogP) is 6.14. The lowest BCUT2D eigenvalue weighted by molar-refractivity contribution is -0.470. The van der Waals surface area contributed by atoms with E-state index in [1.165, 1.54) is 0 Å². The zero-order chi connectivity index (χ0) is 26.0. The van der Waals surface area contributed by atoms with Crippen molar-refractivity contribution in [2.24, 2.45) is 5.92 Å². The monoisotopic (exact) mass is 524 g/mol. The molecule has 0 rings (SSSR count). The summed E-state index contributed by atoms with van der Waals surface area (Å²) in [6.07, 6.45) is -42.4. The lowest BCUT2D eigenvalue weighted by Gasteiger charge is -2.30. The first-order valence-corrected chi connectivity index (χ1v) is 7.41. The summed E-state index contributed by atoms with van der Waals surface area (Å²) >= 11 is 0. The van der Waals surface area contributed by atoms with Crippen molar-refractivity contribution in [3.05, 3.63) is 0 Å². The number of hydrogen-bond donors (Lipinski definition) is 0. The van der Waals surface area contributed by atoms with Crippen LogP contribution >= 0.6 is 0 Å². The topological polar surface area (TPSA) is 27.7 Å². The number of ether oxygens (including phenoxy) is 3. The molecule has 0 aliphatic rings. The third kappa shape index (κ3) is 8.23. The molecule has 0 aliphatic heterocycles. The van der Waals surface area contributed by atoms with E-state index in [4.69, 9.17) is 0 Å². The van der Waals surface area contributed by atoms with Gasteiger partial charge in [0.2, 0.25) is 6.36 Å². The highest BCUT2D eigenvalue weighted by atomic mass is 19.4. The van der Waals surface area contributed by atoms with Gasteiger partial charge in [-0.25, -0.2) is 8.78 Å². The van der Waals surface area contributed by atoms with Crippen LogP contribution in [0.5, 0.6) is 0 Å². The minimum atomic E-state index is -7.19. The third-order valence-electron chi connectivity index (χ3n) is 3.11. The third-order valence-corrected chi connectivity index (χ3v) is 3.11. The van der Waals surface area contributed by atoms with Crippen molar-refractivity contribution < 1.29 is 88.8 Å². The maximum atomic E-state index is 13.1. The van der Waals surface area contributed by atoms with Gasteiger partial charge in [0, 0.05) is 6.61 Å². The molecule has 0 aromatic rings. The summed E-state index contributed by atoms with van der Waals surface area (Å²) in [4.78, 5) is 0. The Kier molecular flexibility index (Phi) is 9.49. The molecule has 3 nitrogen and oxygen atoms in total. The number of halogens is 17. The highest BCUT2D eigenvalue weighted by Gasteiger charge is 2.76. The van der Waals surface area contributed by atoms with Gasteiger partial charge in [-0.2, -0.15) is 65.9 Å². The highest BCUT2D eigenvalue weighted by Crippen LogP contribution is 2.48. The maximum absolute atomic E-state index is 13.1. The maximum Gasteiger partial charge on any atom is 0.462 e. The van der Waals surface area contributed by atoms with Gasteiger partial charge in [0.05, 0.1) is 0 Å². The molecular formula is C12H9F17O3. The normalized spacial score (nSPS) is 17.1. The Morgan fingerprint density at radius 1 is 0.625 bits per heavy atom. The Labute approximate surface area is 165 Å². The van der Waals surface area contributed by atoms with Gasteiger partial charge < -0.3 is 4.74 Å². The van der Waals surface area contributed by atoms with E-state index >= 15 is 0 Å². The molecule has 0 bridgehead atoms. The van der Waals surface area contributed by atoms with Gasteiger partial charge >= 0.3 is 36.7 Å². The van der Waals surface area contributed by atoms with E-state index in [1.807, 2.05) is 4.74 Å². The fourth-order valence-corrected chi connectivity index (χ4v) is 1.59. The van der Waals surface area contributed by atoms with Crippen LogP contribution in [-0.4, -0.2) is 62.6 Å². The summed E-state index contributed by atoms with van der Waals surface area (Å²) < 4.78 is 220. The van der Waals surface area contributed by atoms with E-state index < -0.39 is 74.9 Å². The van der Waals surface area contributed by atoms with Crippen molar-refractivity contribution >= 4 is 0 Å². The van der Waals surface area contributed by atoms with Crippen LogP contribution in [0.25, 0.3) is 0 Å². The molecule has 2 unspecified atom stereocenters. The van der Waals surface area contributed by atoms with Crippen LogP contribution in [0.1, 0.15) is 6.42 Å². The molecule has 0 aromatic carbocycles. The fourth-order valence-electron chi connectivity index (χ4n) is 1.59. The lowest BCUT2D eigenvalue weighted by atomic mass is 10.1. The molecule has 0 saturated carbocycles. The summed E-state index contributed by atoms with van der Waals surface area (Å²) in [5, 5.41) is 0. The number of hydrogen-bond acceptors (Lipinski definition) is 3. The van der Waals surface area contributed by atoms with E-state index in [2.05, 4.69) is 9.47 Å². The zero-order valence-corrected chi connectivity index (χ0v) is 14.5. The van der Waals surface area contributed by atoms with Gasteiger partial charge in [0.15, 0.2) is 5.92 Å². The van der Waals surface area contributed by atoms with Crippen molar-refractivity contribution in [1.82, 2.24) is 0 Å². The first-order valence-electron chi connectivity index (χ1n) is 7.41. The summed E-state index contributed by atoms with van der Waals surface area (Å²) in [6, 6.07) is 0. The molecule has 2 atom stereocenters. The van der Waals surface area contributed by atoms with Gasteiger partial charge in [0.25, 0.3) is 6.36 Å². The quantitative estimate of drug-likeness (QED) is 0.240. The van der Waals surface area contributed by atoms with Gasteiger partial charge in [0.1, 0.15) is 6.61 Å². The minimum Gasteiger partial charge on any atom is -0.376 e. The molecule has 20 heteroatoms. The van der Waals surface area contributed by atoms with Gasteiger partial charge in [-0.1, -0.05) is 0 Å². The second-order valence-corrected chi connectivity index (χ2v) is 5.61. The average Bonchev–Trinajstić information content (AvgIpc) is 2.49. The zero-order valence-electron chi connectivity index (χ0n) is 14.5. The molecule has 0 aromatic heterocycles. The van der Waals surface area contributed by atoms with Crippen molar-refractivity contribution in [2.45, 2.75) is 55.8 Å². The predicted molar refractivity (Wildman–Crippen MR) is 63.9 cm³/mol. The minimum absolute atomic E-state index is 1.59. The summed E-state index contributed by atoms with van der Waals surface area (Å²) in [6.45, 7) is -3.55. The Morgan fingerprint density at radius 3 is 1.44 bits per heavy atom. The summed E-state index contributed by atoms with van der Waals surface area (Å²) in [7, 11) is 0. The van der Waals surface area contributed by atoms with Crippen LogP contribution in [0, 0.1) is 5.92 Å². The first-order chi connectivity index (χ1) is 13.9. The summed E-state index contributed by atoms with van der Waals surface area (Å²) in [5.74, 6) is -11.2. The second kappa shape index (κ2) is 9.90. The van der Waals surface area contributed by atoms with Crippen molar-refractivity contribution in [3.8, 4) is 0 Å². The first kappa shape index (κ1) is 30.7. The molecule has 0 amide bonds. The fraction of sp³-hybridized carbons (Fsp3) is 1.00. The Bertz CT molecular complexity index is 567. The molecule has 0 radical (unpaired) electrons. The second-order valence-electron chi connectivity index (χ2n) is 5.61. The Hall–Kier alpha value is -1.31. The van der Waals surface area contributed by atoms with Crippen molar-refractivity contribution in [3.63, 3.8) is 0 Å². The number of rotatable bonds is 11. The van der Waals surface area contributed by atoms with E-state index in [9.17, 15) is 74.6 Å². The highest BCUT2D eigenvalue weighted by molar-refractivity contribution is 4.85. The number of alkyl halides is 17. The SMILES string of the molecule is FC(COCCC(C(F)(F)F)C(F)(F)F)OC(F)(F)C(F)OC(F)(F)C(F)(F)C(F)(F)F. The lowest BCUT2D eigenvalue weighted by Crippen LogP contribution is -2.56. The molecule has 0 spiro atoms. The Balaban J connectivity index is 4.87. The van der Waals surface area contributed by atoms with Crippen molar-refractivity contribution in [1.29, 1.82) is 0 Å². The van der Waals surface area contributed by atoms with Crippen molar-refractivity contribution in [2.75, 3.05) is 13.2 Å². The molecule has 0 N–H and O–H groups in total. The van der Waals surface area contributed by atoms with Crippen LogP contribution in [0.3, 0.4) is 0 Å². The van der Waals surface area contributed by atoms with Crippen LogP contribution in [0.2, 0.25) is 0 Å². The molecule has 194 valence electrons. The van der Waals surface area contributed by atoms with Gasteiger partial charge in [-0.05, 0) is 6.42 Å². The molecular weight excluding hydrogens is 515 g/mol. The molecule has 0 saturated heterocycles. The molecule has 32 heavy (non-hydrogen) atoms. The van der Waals surface area contributed by atoms with Gasteiger partial charge in [-0.15, -0.1) is 0 Å². The van der Waals surface area contributed by atoms with Crippen LogP contribution < -0.4 is 0 Å². The largest absolute Gasteiger partial charge is 0.462 e.